The molecule has 208 valence electrons. The summed E-state index contributed by atoms with van der Waals surface area (Å²) in [7, 11) is 1.66. The van der Waals surface area contributed by atoms with Crippen molar-refractivity contribution in [2.24, 2.45) is 0 Å². The maximum Gasteiger partial charge on any atom is 0.305 e. The lowest BCUT2D eigenvalue weighted by Crippen LogP contribution is -2.37. The Morgan fingerprint density at radius 3 is 1.94 bits per heavy atom. The van der Waals surface area contributed by atoms with Crippen LogP contribution in [0.2, 0.25) is 0 Å². The summed E-state index contributed by atoms with van der Waals surface area (Å²) in [6.45, 7) is 8.89. The molecule has 0 bridgehead atoms. The minimum atomic E-state index is -0.426. The van der Waals surface area contributed by atoms with Gasteiger partial charge in [-0.1, -0.05) is 78.1 Å². The van der Waals surface area contributed by atoms with Crippen LogP contribution in [-0.2, 0) is 9.53 Å². The molecule has 7 heteroatoms. The van der Waals surface area contributed by atoms with Crippen LogP contribution in [0.15, 0.2) is 9.59 Å². The lowest BCUT2D eigenvalue weighted by atomic mass is 10.1. The van der Waals surface area contributed by atoms with Gasteiger partial charge in [-0.25, -0.2) is 0 Å². The Bertz CT molecular complexity index is 758. The molecule has 0 radical (unpaired) electrons. The number of anilines is 2. The molecule has 0 unspecified atom stereocenters. The van der Waals surface area contributed by atoms with E-state index in [1.165, 1.54) is 64.2 Å². The predicted octanol–water partition coefficient (Wildman–Crippen LogP) is 5.86. The predicted molar refractivity (Wildman–Crippen MR) is 152 cm³/mol. The average molecular weight is 508 g/mol. The second kappa shape index (κ2) is 21.2. The maximum atomic E-state index is 11.9. The molecule has 0 saturated carbocycles. The fourth-order valence-electron chi connectivity index (χ4n) is 4.48. The second-order valence-corrected chi connectivity index (χ2v) is 9.99. The number of carbonyl (C=O) groups excluding carboxylic acids is 1. The van der Waals surface area contributed by atoms with Gasteiger partial charge >= 0.3 is 5.97 Å². The lowest BCUT2D eigenvalue weighted by molar-refractivity contribution is -0.143. The fourth-order valence-corrected chi connectivity index (χ4v) is 4.48. The van der Waals surface area contributed by atoms with Crippen LogP contribution < -0.4 is 21.5 Å². The first-order chi connectivity index (χ1) is 17.5. The molecule has 0 aromatic heterocycles. The molecule has 0 aliphatic carbocycles. The molecule has 0 aliphatic heterocycles. The van der Waals surface area contributed by atoms with Crippen molar-refractivity contribution in [1.82, 2.24) is 4.90 Å². The third kappa shape index (κ3) is 14.0. The Labute approximate surface area is 219 Å². The van der Waals surface area contributed by atoms with E-state index in [0.717, 1.165) is 51.7 Å². The van der Waals surface area contributed by atoms with E-state index in [4.69, 9.17) is 4.74 Å². The Morgan fingerprint density at radius 2 is 1.25 bits per heavy atom. The zero-order valence-electron chi connectivity index (χ0n) is 23.4. The lowest BCUT2D eigenvalue weighted by Gasteiger charge is -2.22. The molecular weight excluding hydrogens is 454 g/mol. The summed E-state index contributed by atoms with van der Waals surface area (Å²) in [6, 6.07) is 0. The summed E-state index contributed by atoms with van der Waals surface area (Å²) < 4.78 is 5.37. The van der Waals surface area contributed by atoms with E-state index in [1.54, 1.807) is 7.05 Å². The molecule has 0 aliphatic rings. The highest BCUT2D eigenvalue weighted by molar-refractivity contribution is 5.73. The minimum absolute atomic E-state index is 0.0362. The zero-order valence-corrected chi connectivity index (χ0v) is 23.4. The Kier molecular flexibility index (Phi) is 18.9. The molecule has 2 N–H and O–H groups in total. The Hall–Kier alpha value is -1.89. The van der Waals surface area contributed by atoms with Gasteiger partial charge in [-0.3, -0.25) is 14.4 Å². The quantitative estimate of drug-likeness (QED) is 0.0973. The van der Waals surface area contributed by atoms with Gasteiger partial charge in [-0.2, -0.15) is 0 Å². The molecule has 0 amide bonds. The molecule has 0 atom stereocenters. The normalized spacial score (nSPS) is 11.3. The van der Waals surface area contributed by atoms with Gasteiger partial charge in [0.1, 0.15) is 11.4 Å². The van der Waals surface area contributed by atoms with Crippen LogP contribution in [0, 0.1) is 0 Å². The van der Waals surface area contributed by atoms with Crippen molar-refractivity contribution in [3.8, 4) is 0 Å². The van der Waals surface area contributed by atoms with Crippen molar-refractivity contribution in [2.45, 2.75) is 117 Å². The van der Waals surface area contributed by atoms with Gasteiger partial charge in [0.2, 0.25) is 0 Å². The third-order valence-electron chi connectivity index (χ3n) is 6.81. The van der Waals surface area contributed by atoms with Crippen molar-refractivity contribution in [2.75, 3.05) is 50.5 Å². The Morgan fingerprint density at radius 1 is 0.694 bits per heavy atom. The van der Waals surface area contributed by atoms with Gasteiger partial charge in [0, 0.05) is 20.0 Å². The van der Waals surface area contributed by atoms with Crippen LogP contribution in [0.1, 0.15) is 117 Å². The smallest absolute Gasteiger partial charge is 0.305 e. The SMILES string of the molecule is CCCCCCCCCOC(=O)CCCCCCCN(CCCC)CCCNc1c(NC)c(=O)c1=O. The molecule has 0 heterocycles. The van der Waals surface area contributed by atoms with Crippen LogP contribution in [0.3, 0.4) is 0 Å². The topological polar surface area (TPSA) is 87.7 Å². The van der Waals surface area contributed by atoms with Crippen molar-refractivity contribution in [3.63, 3.8) is 0 Å². The fraction of sp³-hybridized carbons (Fsp3) is 0.828. The largest absolute Gasteiger partial charge is 0.466 e. The monoisotopic (exact) mass is 507 g/mol. The number of hydrogen-bond donors (Lipinski definition) is 2. The first kappa shape index (κ1) is 32.1. The highest BCUT2D eigenvalue weighted by atomic mass is 16.5. The summed E-state index contributed by atoms with van der Waals surface area (Å²) in [5.74, 6) is -0.0362. The number of unbranched alkanes of at least 4 members (excludes halogenated alkanes) is 11. The van der Waals surface area contributed by atoms with Gasteiger partial charge in [0.05, 0.1) is 6.61 Å². The molecular formula is C29H53N3O4. The molecule has 1 aromatic rings. The number of nitrogens with zero attached hydrogens (tertiary/aromatic N) is 1. The highest BCUT2D eigenvalue weighted by Crippen LogP contribution is 2.13. The maximum absolute atomic E-state index is 11.9. The van der Waals surface area contributed by atoms with Gasteiger partial charge in [-0.05, 0) is 51.7 Å². The number of carbonyl (C=O) groups is 1. The molecule has 7 nitrogen and oxygen atoms in total. The molecule has 1 rings (SSSR count). The molecule has 36 heavy (non-hydrogen) atoms. The first-order valence-electron chi connectivity index (χ1n) is 14.7. The van der Waals surface area contributed by atoms with Crippen LogP contribution in [0.4, 0.5) is 11.4 Å². The summed E-state index contributed by atoms with van der Waals surface area (Å²) >= 11 is 0. The number of esters is 1. The van der Waals surface area contributed by atoms with Crippen LogP contribution in [-0.4, -0.2) is 50.7 Å². The van der Waals surface area contributed by atoms with E-state index in [0.29, 0.717) is 30.9 Å². The van der Waals surface area contributed by atoms with Crippen molar-refractivity contribution in [3.05, 3.63) is 20.4 Å². The van der Waals surface area contributed by atoms with Crippen molar-refractivity contribution >= 4 is 17.3 Å². The van der Waals surface area contributed by atoms with Gasteiger partial charge < -0.3 is 20.3 Å². The summed E-state index contributed by atoms with van der Waals surface area (Å²) in [5.41, 5.74) is 0.00198. The van der Waals surface area contributed by atoms with Gasteiger partial charge in [0.25, 0.3) is 10.9 Å². The highest BCUT2D eigenvalue weighted by Gasteiger charge is 2.18. The van der Waals surface area contributed by atoms with Crippen LogP contribution in [0.5, 0.6) is 0 Å². The number of nitrogens with one attached hydrogen (secondary N) is 2. The van der Waals surface area contributed by atoms with Crippen LogP contribution in [0.25, 0.3) is 0 Å². The summed E-state index contributed by atoms with van der Waals surface area (Å²) in [6.07, 6.45) is 18.0. The average Bonchev–Trinajstić information content (AvgIpc) is 2.88. The minimum Gasteiger partial charge on any atom is -0.466 e. The van der Waals surface area contributed by atoms with Gasteiger partial charge in [0.15, 0.2) is 0 Å². The van der Waals surface area contributed by atoms with E-state index in [-0.39, 0.29) is 5.97 Å². The van der Waals surface area contributed by atoms with E-state index in [9.17, 15) is 14.4 Å². The Balaban J connectivity index is 2.04. The molecule has 0 saturated heterocycles. The van der Waals surface area contributed by atoms with E-state index >= 15 is 0 Å². The van der Waals surface area contributed by atoms with E-state index in [2.05, 4.69) is 29.4 Å². The number of ether oxygens (including phenoxy) is 1. The number of rotatable bonds is 25. The first-order valence-corrected chi connectivity index (χ1v) is 14.7. The molecule has 0 spiro atoms. The third-order valence-corrected chi connectivity index (χ3v) is 6.81. The zero-order chi connectivity index (χ0) is 26.4. The summed E-state index contributed by atoms with van der Waals surface area (Å²) in [4.78, 5) is 37.5. The molecule has 0 fully saturated rings. The van der Waals surface area contributed by atoms with E-state index < -0.39 is 10.9 Å². The summed E-state index contributed by atoms with van der Waals surface area (Å²) in [5, 5.41) is 5.92. The number of hydrogen-bond acceptors (Lipinski definition) is 7. The standard InChI is InChI=1S/C29H53N3O4/c1-4-6-8-9-10-14-17-24-36-25(33)19-15-12-11-13-16-22-32(21-7-5-2)23-18-20-31-27-26(30-3)28(34)29(27)35/h30-31H,4-24H2,1-3H3. The van der Waals surface area contributed by atoms with Crippen molar-refractivity contribution < 1.29 is 9.53 Å². The second-order valence-electron chi connectivity index (χ2n) is 9.99. The van der Waals surface area contributed by atoms with Crippen LogP contribution >= 0.6 is 0 Å². The molecule has 1 aromatic carbocycles. The van der Waals surface area contributed by atoms with Crippen molar-refractivity contribution in [1.29, 1.82) is 0 Å². The van der Waals surface area contributed by atoms with Gasteiger partial charge in [-0.15, -0.1) is 0 Å². The van der Waals surface area contributed by atoms with E-state index in [1.807, 2.05) is 0 Å².